The molecule has 0 radical (unpaired) electrons. The molecule has 9 heteroatoms. The van der Waals surface area contributed by atoms with Crippen molar-refractivity contribution in [3.63, 3.8) is 0 Å². The maximum atomic E-state index is 11.1. The third-order valence-electron chi connectivity index (χ3n) is 6.08. The standard InChI is InChI=1S/C21H37N7OS/c1-3-20-25-18(15-30-20)13-27-8-4-16(5-9-27)12-24-21(23-2)26-17-6-10-28(11-7-17)14-19(22)29/h15-17H,3-14H2,1-2H3,(H2,22,29)(H2,23,24,26). The van der Waals surface area contributed by atoms with E-state index in [1.165, 1.54) is 23.5 Å². The summed E-state index contributed by atoms with van der Waals surface area (Å²) in [5.74, 6) is 1.32. The van der Waals surface area contributed by atoms with Crippen LogP contribution in [0.25, 0.3) is 0 Å². The number of guanidine groups is 1. The zero-order chi connectivity index (χ0) is 21.3. The first-order chi connectivity index (χ1) is 14.6. The average Bonchev–Trinajstić information content (AvgIpc) is 3.20. The second-order valence-electron chi connectivity index (χ2n) is 8.42. The molecule has 0 aromatic carbocycles. The number of rotatable bonds is 8. The minimum Gasteiger partial charge on any atom is -0.369 e. The number of amides is 1. The second-order valence-corrected chi connectivity index (χ2v) is 9.36. The van der Waals surface area contributed by atoms with Crippen molar-refractivity contribution in [2.24, 2.45) is 16.6 Å². The molecule has 3 heterocycles. The van der Waals surface area contributed by atoms with Crippen LogP contribution in [0.3, 0.4) is 0 Å². The fourth-order valence-corrected chi connectivity index (χ4v) is 4.98. The molecule has 2 saturated heterocycles. The van der Waals surface area contributed by atoms with E-state index >= 15 is 0 Å². The number of nitrogens with zero attached hydrogens (tertiary/aromatic N) is 4. The number of carbonyl (C=O) groups is 1. The molecule has 0 bridgehead atoms. The number of thiazole rings is 1. The first-order valence-electron chi connectivity index (χ1n) is 11.2. The Hall–Kier alpha value is -1.71. The van der Waals surface area contributed by atoms with Crippen LogP contribution in [0.2, 0.25) is 0 Å². The molecule has 2 aliphatic rings. The molecule has 2 fully saturated rings. The highest BCUT2D eigenvalue weighted by Crippen LogP contribution is 2.19. The van der Waals surface area contributed by atoms with Crippen molar-refractivity contribution in [2.45, 2.75) is 51.6 Å². The summed E-state index contributed by atoms with van der Waals surface area (Å²) in [6, 6.07) is 0.397. The number of hydrogen-bond acceptors (Lipinski definition) is 6. The van der Waals surface area contributed by atoms with Gasteiger partial charge in [0.2, 0.25) is 5.91 Å². The van der Waals surface area contributed by atoms with E-state index in [4.69, 9.17) is 10.7 Å². The maximum absolute atomic E-state index is 11.1. The number of nitrogens with one attached hydrogen (secondary N) is 2. The average molecular weight is 436 g/mol. The molecular weight excluding hydrogens is 398 g/mol. The normalized spacial score (nSPS) is 20.4. The lowest BCUT2D eigenvalue weighted by atomic mass is 9.97. The summed E-state index contributed by atoms with van der Waals surface area (Å²) in [6.45, 7) is 8.53. The van der Waals surface area contributed by atoms with Crippen LogP contribution < -0.4 is 16.4 Å². The van der Waals surface area contributed by atoms with E-state index in [1.807, 2.05) is 7.05 Å². The van der Waals surface area contributed by atoms with Crippen LogP contribution in [0.1, 0.15) is 43.3 Å². The Morgan fingerprint density at radius 3 is 2.53 bits per heavy atom. The van der Waals surface area contributed by atoms with E-state index in [-0.39, 0.29) is 5.91 Å². The van der Waals surface area contributed by atoms with Gasteiger partial charge in [-0.3, -0.25) is 19.6 Å². The van der Waals surface area contributed by atoms with Gasteiger partial charge in [0.25, 0.3) is 0 Å². The Morgan fingerprint density at radius 1 is 1.23 bits per heavy atom. The molecule has 0 spiro atoms. The van der Waals surface area contributed by atoms with Crippen molar-refractivity contribution in [2.75, 3.05) is 46.3 Å². The molecule has 3 rings (SSSR count). The van der Waals surface area contributed by atoms with Crippen LogP contribution in [0.15, 0.2) is 10.4 Å². The lowest BCUT2D eigenvalue weighted by molar-refractivity contribution is -0.119. The van der Waals surface area contributed by atoms with E-state index in [9.17, 15) is 4.79 Å². The number of hydrogen-bond donors (Lipinski definition) is 3. The number of aryl methyl sites for hydroxylation is 1. The molecule has 2 aliphatic heterocycles. The quantitative estimate of drug-likeness (QED) is 0.417. The molecule has 8 nitrogen and oxygen atoms in total. The molecule has 1 aromatic rings. The summed E-state index contributed by atoms with van der Waals surface area (Å²) in [7, 11) is 1.83. The third-order valence-corrected chi connectivity index (χ3v) is 7.13. The Labute approximate surface area is 184 Å². The summed E-state index contributed by atoms with van der Waals surface area (Å²) < 4.78 is 0. The molecule has 0 aliphatic carbocycles. The zero-order valence-electron chi connectivity index (χ0n) is 18.4. The van der Waals surface area contributed by atoms with Gasteiger partial charge in [-0.15, -0.1) is 11.3 Å². The van der Waals surface area contributed by atoms with Gasteiger partial charge in [-0.2, -0.15) is 0 Å². The Kier molecular flexibility index (Phi) is 8.89. The highest BCUT2D eigenvalue weighted by Gasteiger charge is 2.22. The van der Waals surface area contributed by atoms with E-state index in [1.54, 1.807) is 11.3 Å². The molecule has 4 N–H and O–H groups in total. The Balaban J connectivity index is 1.32. The largest absolute Gasteiger partial charge is 0.369 e. The minimum atomic E-state index is -0.248. The van der Waals surface area contributed by atoms with Gasteiger partial charge in [0.1, 0.15) is 0 Å². The summed E-state index contributed by atoms with van der Waals surface area (Å²) in [4.78, 5) is 24.8. The molecule has 30 heavy (non-hydrogen) atoms. The van der Waals surface area contributed by atoms with Crippen molar-refractivity contribution in [3.05, 3.63) is 16.1 Å². The smallest absolute Gasteiger partial charge is 0.231 e. The summed E-state index contributed by atoms with van der Waals surface area (Å²) in [5.41, 5.74) is 6.52. The second kappa shape index (κ2) is 11.6. The monoisotopic (exact) mass is 435 g/mol. The minimum absolute atomic E-state index is 0.248. The highest BCUT2D eigenvalue weighted by atomic mass is 32.1. The van der Waals surface area contributed by atoms with Crippen LogP contribution in [0.5, 0.6) is 0 Å². The first-order valence-corrected chi connectivity index (χ1v) is 12.1. The molecule has 0 atom stereocenters. The molecular formula is C21H37N7OS. The van der Waals surface area contributed by atoms with Gasteiger partial charge in [-0.05, 0) is 51.1 Å². The van der Waals surface area contributed by atoms with Crippen LogP contribution in [0.4, 0.5) is 0 Å². The molecule has 0 saturated carbocycles. The Bertz CT molecular complexity index is 691. The van der Waals surface area contributed by atoms with Crippen molar-refractivity contribution >= 4 is 23.2 Å². The lowest BCUT2D eigenvalue weighted by Gasteiger charge is -2.33. The van der Waals surface area contributed by atoms with Gasteiger partial charge in [0.15, 0.2) is 5.96 Å². The van der Waals surface area contributed by atoms with Crippen molar-refractivity contribution in [3.8, 4) is 0 Å². The molecule has 1 aromatic heterocycles. The lowest BCUT2D eigenvalue weighted by Crippen LogP contribution is -2.50. The number of aliphatic imine (C=N–C) groups is 1. The topological polar surface area (TPSA) is 98.9 Å². The summed E-state index contributed by atoms with van der Waals surface area (Å²) in [5, 5.41) is 10.5. The number of nitrogens with two attached hydrogens (primary N) is 1. The molecule has 0 unspecified atom stereocenters. The van der Waals surface area contributed by atoms with Gasteiger partial charge < -0.3 is 16.4 Å². The molecule has 1 amide bonds. The SMILES string of the molecule is CCc1nc(CN2CCC(CNC(=NC)NC3CCN(CC(N)=O)CC3)CC2)cs1. The van der Waals surface area contributed by atoms with Crippen molar-refractivity contribution < 1.29 is 4.79 Å². The number of likely N-dealkylation sites (tertiary alicyclic amines) is 2. The number of piperidine rings is 2. The van der Waals surface area contributed by atoms with Crippen molar-refractivity contribution in [1.29, 1.82) is 0 Å². The van der Waals surface area contributed by atoms with Gasteiger partial charge in [-0.25, -0.2) is 4.98 Å². The number of primary amides is 1. The van der Waals surface area contributed by atoms with E-state index in [2.05, 4.69) is 37.7 Å². The predicted molar refractivity (Wildman–Crippen MR) is 123 cm³/mol. The van der Waals surface area contributed by atoms with E-state index < -0.39 is 0 Å². The Morgan fingerprint density at radius 2 is 1.93 bits per heavy atom. The zero-order valence-corrected chi connectivity index (χ0v) is 19.2. The van der Waals surface area contributed by atoms with E-state index in [0.29, 0.717) is 18.5 Å². The van der Waals surface area contributed by atoms with Gasteiger partial charge in [0, 0.05) is 44.6 Å². The first kappa shape index (κ1) is 23.0. The van der Waals surface area contributed by atoms with Gasteiger partial charge >= 0.3 is 0 Å². The van der Waals surface area contributed by atoms with E-state index in [0.717, 1.165) is 64.5 Å². The highest BCUT2D eigenvalue weighted by molar-refractivity contribution is 7.09. The van der Waals surface area contributed by atoms with Crippen LogP contribution in [-0.2, 0) is 17.8 Å². The van der Waals surface area contributed by atoms with Crippen molar-refractivity contribution in [1.82, 2.24) is 25.4 Å². The fourth-order valence-electron chi connectivity index (χ4n) is 4.25. The van der Waals surface area contributed by atoms with Gasteiger partial charge in [0.05, 0.1) is 17.2 Å². The number of carbonyl (C=O) groups excluding carboxylic acids is 1. The summed E-state index contributed by atoms with van der Waals surface area (Å²) in [6.07, 6.45) is 5.45. The van der Waals surface area contributed by atoms with Gasteiger partial charge in [-0.1, -0.05) is 6.92 Å². The van der Waals surface area contributed by atoms with Crippen LogP contribution in [-0.4, -0.2) is 79.0 Å². The number of aromatic nitrogens is 1. The third kappa shape index (κ3) is 7.21. The maximum Gasteiger partial charge on any atom is 0.231 e. The predicted octanol–water partition coefficient (Wildman–Crippen LogP) is 1.03. The van der Waals surface area contributed by atoms with Crippen LogP contribution in [0, 0.1) is 5.92 Å². The summed E-state index contributed by atoms with van der Waals surface area (Å²) >= 11 is 1.78. The molecule has 168 valence electrons. The van der Waals surface area contributed by atoms with Crippen LogP contribution >= 0.6 is 11.3 Å². The fraction of sp³-hybridized carbons (Fsp3) is 0.762.